The molecular weight excluding hydrogens is 236 g/mol. The Hall–Kier alpha value is -1.61. The highest BCUT2D eigenvalue weighted by Gasteiger charge is 2.15. The molecule has 0 bridgehead atoms. The molecular formula is C16H20N2O. The van der Waals surface area contributed by atoms with Gasteiger partial charge in [0.1, 0.15) is 5.82 Å². The lowest BCUT2D eigenvalue weighted by molar-refractivity contribution is 0.283. The summed E-state index contributed by atoms with van der Waals surface area (Å²) in [5, 5.41) is 11.7. The largest absolute Gasteiger partial charge is 0.392 e. The lowest BCUT2D eigenvalue weighted by Crippen LogP contribution is -2.25. The molecule has 19 heavy (non-hydrogen) atoms. The minimum absolute atomic E-state index is 0.0494. The highest BCUT2D eigenvalue weighted by atomic mass is 16.3. The van der Waals surface area contributed by atoms with Crippen LogP contribution < -0.4 is 4.90 Å². The molecule has 0 atom stereocenters. The van der Waals surface area contributed by atoms with Gasteiger partial charge < -0.3 is 10.0 Å². The molecule has 0 radical (unpaired) electrons. The third kappa shape index (κ3) is 2.43. The number of anilines is 1. The quantitative estimate of drug-likeness (QED) is 0.897. The van der Waals surface area contributed by atoms with Crippen molar-refractivity contribution < 1.29 is 5.11 Å². The van der Waals surface area contributed by atoms with E-state index in [9.17, 15) is 5.11 Å². The first-order chi connectivity index (χ1) is 9.40. The summed E-state index contributed by atoms with van der Waals surface area (Å²) in [7, 11) is 0. The molecule has 0 unspecified atom stereocenters. The minimum Gasteiger partial charge on any atom is -0.392 e. The summed E-state index contributed by atoms with van der Waals surface area (Å²) in [4.78, 5) is 7.01. The number of nitrogens with zero attached hydrogens (tertiary/aromatic N) is 2. The van der Waals surface area contributed by atoms with Crippen molar-refractivity contribution in [3.8, 4) is 0 Å². The Morgan fingerprint density at radius 1 is 1.00 bits per heavy atom. The lowest BCUT2D eigenvalue weighted by atomic mass is 10.1. The molecule has 1 aromatic carbocycles. The first kappa shape index (κ1) is 12.4. The van der Waals surface area contributed by atoms with E-state index in [4.69, 9.17) is 0 Å². The Balaban J connectivity index is 2.08. The van der Waals surface area contributed by atoms with E-state index in [0.29, 0.717) is 0 Å². The Morgan fingerprint density at radius 3 is 2.37 bits per heavy atom. The standard InChI is InChI=1S/C16H20N2O/c19-12-13-11-17-16(15-8-4-3-7-14(13)15)18-9-5-1-2-6-10-18/h3-4,7-8,11,19H,1-2,5-6,9-10,12H2. The topological polar surface area (TPSA) is 36.4 Å². The van der Waals surface area contributed by atoms with Crippen molar-refractivity contribution >= 4 is 16.6 Å². The predicted octanol–water partition coefficient (Wildman–Crippen LogP) is 3.11. The molecule has 1 N–H and O–H groups in total. The second kappa shape index (κ2) is 5.57. The fraction of sp³-hybridized carbons (Fsp3) is 0.438. The third-order valence-electron chi connectivity index (χ3n) is 3.93. The molecule has 3 nitrogen and oxygen atoms in total. The summed E-state index contributed by atoms with van der Waals surface area (Å²) in [5.41, 5.74) is 0.911. The minimum atomic E-state index is 0.0494. The van der Waals surface area contributed by atoms with E-state index in [2.05, 4.69) is 22.0 Å². The molecule has 0 saturated carbocycles. The maximum absolute atomic E-state index is 9.43. The molecule has 1 fully saturated rings. The second-order valence-corrected chi connectivity index (χ2v) is 5.21. The number of aliphatic hydroxyl groups excluding tert-OH is 1. The number of hydrogen-bond donors (Lipinski definition) is 1. The number of hydrogen-bond acceptors (Lipinski definition) is 3. The van der Waals surface area contributed by atoms with Gasteiger partial charge in [0.2, 0.25) is 0 Å². The number of pyridine rings is 1. The zero-order valence-corrected chi connectivity index (χ0v) is 11.2. The lowest BCUT2D eigenvalue weighted by Gasteiger charge is -2.23. The van der Waals surface area contributed by atoms with Gasteiger partial charge in [-0.2, -0.15) is 0 Å². The molecule has 3 heteroatoms. The van der Waals surface area contributed by atoms with Crippen LogP contribution in [-0.2, 0) is 6.61 Å². The molecule has 100 valence electrons. The maximum atomic E-state index is 9.43. The number of aliphatic hydroxyl groups is 1. The molecule has 0 spiro atoms. The molecule has 1 aliphatic rings. The van der Waals surface area contributed by atoms with Gasteiger partial charge in [-0.1, -0.05) is 37.1 Å². The van der Waals surface area contributed by atoms with Crippen LogP contribution in [-0.4, -0.2) is 23.2 Å². The average Bonchev–Trinajstić information content (AvgIpc) is 2.75. The summed E-state index contributed by atoms with van der Waals surface area (Å²) in [6.45, 7) is 2.23. The van der Waals surface area contributed by atoms with Gasteiger partial charge in [-0.3, -0.25) is 0 Å². The number of fused-ring (bicyclic) bond motifs is 1. The van der Waals surface area contributed by atoms with Crippen molar-refractivity contribution in [3.63, 3.8) is 0 Å². The first-order valence-corrected chi connectivity index (χ1v) is 7.12. The molecule has 2 aromatic rings. The van der Waals surface area contributed by atoms with Gasteiger partial charge in [-0.25, -0.2) is 4.98 Å². The van der Waals surface area contributed by atoms with E-state index in [1.54, 1.807) is 0 Å². The van der Waals surface area contributed by atoms with Crippen LogP contribution in [0.2, 0.25) is 0 Å². The summed E-state index contributed by atoms with van der Waals surface area (Å²) in [6, 6.07) is 8.26. The monoisotopic (exact) mass is 256 g/mol. The molecule has 3 rings (SSSR count). The number of benzene rings is 1. The van der Waals surface area contributed by atoms with Crippen LogP contribution in [0.5, 0.6) is 0 Å². The fourth-order valence-electron chi connectivity index (χ4n) is 2.90. The zero-order valence-electron chi connectivity index (χ0n) is 11.2. The van der Waals surface area contributed by atoms with Crippen molar-refractivity contribution in [3.05, 3.63) is 36.0 Å². The van der Waals surface area contributed by atoms with E-state index < -0.39 is 0 Å². The third-order valence-corrected chi connectivity index (χ3v) is 3.93. The summed E-state index contributed by atoms with van der Waals surface area (Å²) >= 11 is 0. The van der Waals surface area contributed by atoms with Crippen molar-refractivity contribution in [1.82, 2.24) is 4.98 Å². The van der Waals surface area contributed by atoms with Gasteiger partial charge in [0.05, 0.1) is 6.61 Å². The van der Waals surface area contributed by atoms with Gasteiger partial charge in [0.15, 0.2) is 0 Å². The van der Waals surface area contributed by atoms with E-state index in [1.165, 1.54) is 25.7 Å². The fourth-order valence-corrected chi connectivity index (χ4v) is 2.90. The smallest absolute Gasteiger partial charge is 0.136 e. The normalized spacial score (nSPS) is 16.6. The van der Waals surface area contributed by atoms with E-state index in [-0.39, 0.29) is 6.61 Å². The molecule has 1 aromatic heterocycles. The van der Waals surface area contributed by atoms with Crippen molar-refractivity contribution in [2.24, 2.45) is 0 Å². The highest BCUT2D eigenvalue weighted by Crippen LogP contribution is 2.28. The maximum Gasteiger partial charge on any atom is 0.136 e. The number of rotatable bonds is 2. The Kier molecular flexibility index (Phi) is 3.65. The van der Waals surface area contributed by atoms with Crippen molar-refractivity contribution in [1.29, 1.82) is 0 Å². The van der Waals surface area contributed by atoms with Crippen LogP contribution in [0.4, 0.5) is 5.82 Å². The van der Waals surface area contributed by atoms with E-state index in [1.807, 2.05) is 18.3 Å². The van der Waals surface area contributed by atoms with Crippen LogP contribution in [0.3, 0.4) is 0 Å². The van der Waals surface area contributed by atoms with E-state index >= 15 is 0 Å². The number of aromatic nitrogens is 1. The van der Waals surface area contributed by atoms with Crippen LogP contribution in [0.25, 0.3) is 10.8 Å². The Morgan fingerprint density at radius 2 is 1.68 bits per heavy atom. The van der Waals surface area contributed by atoms with Gasteiger partial charge >= 0.3 is 0 Å². The summed E-state index contributed by atoms with van der Waals surface area (Å²) in [5.74, 6) is 1.08. The van der Waals surface area contributed by atoms with Crippen molar-refractivity contribution in [2.45, 2.75) is 32.3 Å². The SMILES string of the molecule is OCc1cnc(N2CCCCCC2)c2ccccc12. The van der Waals surface area contributed by atoms with Crippen LogP contribution in [0.1, 0.15) is 31.2 Å². The first-order valence-electron chi connectivity index (χ1n) is 7.12. The van der Waals surface area contributed by atoms with Crippen LogP contribution in [0.15, 0.2) is 30.5 Å². The van der Waals surface area contributed by atoms with Crippen molar-refractivity contribution in [2.75, 3.05) is 18.0 Å². The average molecular weight is 256 g/mol. The van der Waals surface area contributed by atoms with Crippen LogP contribution >= 0.6 is 0 Å². The second-order valence-electron chi connectivity index (χ2n) is 5.21. The summed E-state index contributed by atoms with van der Waals surface area (Å²) < 4.78 is 0. The summed E-state index contributed by atoms with van der Waals surface area (Å²) in [6.07, 6.45) is 6.96. The van der Waals surface area contributed by atoms with Crippen LogP contribution in [0, 0.1) is 0 Å². The molecule has 2 heterocycles. The molecule has 0 amide bonds. The zero-order chi connectivity index (χ0) is 13.1. The molecule has 1 saturated heterocycles. The van der Waals surface area contributed by atoms with Gasteiger partial charge in [-0.05, 0) is 18.2 Å². The molecule has 1 aliphatic heterocycles. The van der Waals surface area contributed by atoms with Gasteiger partial charge in [-0.15, -0.1) is 0 Å². The van der Waals surface area contributed by atoms with E-state index in [0.717, 1.165) is 35.2 Å². The molecule has 0 aliphatic carbocycles. The highest BCUT2D eigenvalue weighted by molar-refractivity contribution is 5.94. The van der Waals surface area contributed by atoms with Gasteiger partial charge in [0, 0.05) is 30.2 Å². The Bertz CT molecular complexity index is 560. The Labute approximate surface area is 113 Å². The van der Waals surface area contributed by atoms with Gasteiger partial charge in [0.25, 0.3) is 0 Å². The predicted molar refractivity (Wildman–Crippen MR) is 78.3 cm³/mol.